The van der Waals surface area contributed by atoms with Gasteiger partial charge in [-0.1, -0.05) is 0 Å². The Balaban J connectivity index is 2.09. The SMILES string of the molecule is Cc1cc(C)c2c3c(c(-c4ccccc4C)[n+](C)c2c1)[Se](C)(C)c1ccccc1-3. The summed E-state index contributed by atoms with van der Waals surface area (Å²) in [6.45, 7) is 6.73. The molecule has 2 heteroatoms. The Hall–Kier alpha value is -2.41. The summed E-state index contributed by atoms with van der Waals surface area (Å²) < 4.78 is 5.67. The van der Waals surface area contributed by atoms with E-state index >= 15 is 0 Å². The molecule has 0 radical (unpaired) electrons. The molecule has 146 valence electrons. The van der Waals surface area contributed by atoms with E-state index in [9.17, 15) is 0 Å². The summed E-state index contributed by atoms with van der Waals surface area (Å²) in [6, 6.07) is 22.7. The number of pyridine rings is 1. The van der Waals surface area contributed by atoms with Crippen LogP contribution in [0.5, 0.6) is 0 Å². The van der Waals surface area contributed by atoms with Gasteiger partial charge in [0.2, 0.25) is 0 Å². The van der Waals surface area contributed by atoms with Crippen LogP contribution in [0.1, 0.15) is 16.7 Å². The monoisotopic (exact) mass is 446 g/mol. The van der Waals surface area contributed by atoms with Crippen molar-refractivity contribution in [2.45, 2.75) is 32.4 Å². The molecular weight excluding hydrogens is 417 g/mol. The van der Waals surface area contributed by atoms with Crippen LogP contribution < -0.4 is 13.5 Å². The molecule has 0 unspecified atom stereocenters. The van der Waals surface area contributed by atoms with Crippen LogP contribution in [0.15, 0.2) is 60.7 Å². The first-order valence-electron chi connectivity index (χ1n) is 10.2. The second-order valence-corrected chi connectivity index (χ2v) is 16.1. The zero-order valence-electron chi connectivity index (χ0n) is 18.1. The average molecular weight is 445 g/mol. The molecule has 0 amide bonds. The Morgan fingerprint density at radius 3 is 2.14 bits per heavy atom. The van der Waals surface area contributed by atoms with Crippen molar-refractivity contribution < 1.29 is 4.57 Å². The third-order valence-corrected chi connectivity index (χ3v) is 12.5. The van der Waals surface area contributed by atoms with E-state index < -0.39 is 12.8 Å². The number of hydrogen-bond donors (Lipinski definition) is 0. The second-order valence-electron chi connectivity index (χ2n) is 8.73. The Kier molecular flexibility index (Phi) is 4.04. The maximum absolute atomic E-state index is 2.54. The summed E-state index contributed by atoms with van der Waals surface area (Å²) in [5.41, 5.74) is 11.1. The predicted molar refractivity (Wildman–Crippen MR) is 127 cm³/mol. The Morgan fingerprint density at radius 2 is 1.41 bits per heavy atom. The van der Waals surface area contributed by atoms with Gasteiger partial charge in [-0.15, -0.1) is 0 Å². The molecule has 3 aromatic carbocycles. The van der Waals surface area contributed by atoms with Crippen molar-refractivity contribution in [1.82, 2.24) is 0 Å². The van der Waals surface area contributed by atoms with E-state index in [4.69, 9.17) is 0 Å². The number of fused-ring (bicyclic) bond motifs is 5. The van der Waals surface area contributed by atoms with Crippen LogP contribution in [0.4, 0.5) is 0 Å². The molecule has 5 rings (SSSR count). The molecule has 0 bridgehead atoms. The normalized spacial score (nSPS) is 15.2. The van der Waals surface area contributed by atoms with E-state index in [1.165, 1.54) is 50.0 Å². The standard InChI is InChI=1S/C27H28NSe/c1-17-15-19(3)24-22(16-17)28(4)26(20-12-8-7-11-18(20)2)27-25(24)21-13-9-10-14-23(21)29(27,5)6/h7-16H,1-6H3/q+1. The second kappa shape index (κ2) is 6.29. The van der Waals surface area contributed by atoms with Crippen LogP contribution in [-0.2, 0) is 7.05 Å². The zero-order valence-corrected chi connectivity index (χ0v) is 19.8. The van der Waals surface area contributed by atoms with Crippen molar-refractivity contribution in [3.8, 4) is 22.4 Å². The maximum atomic E-state index is 2.54. The minimum atomic E-state index is -2.06. The molecule has 2 heterocycles. The predicted octanol–water partition coefficient (Wildman–Crippen LogP) is 5.06. The van der Waals surface area contributed by atoms with E-state index in [1.807, 2.05) is 0 Å². The van der Waals surface area contributed by atoms with Crippen LogP contribution in [0.25, 0.3) is 33.3 Å². The van der Waals surface area contributed by atoms with Gasteiger partial charge in [0.25, 0.3) is 0 Å². The fraction of sp³-hybridized carbons (Fsp3) is 0.222. The summed E-state index contributed by atoms with van der Waals surface area (Å²) in [6.07, 6.45) is 0. The third-order valence-electron chi connectivity index (χ3n) is 6.46. The number of hydrogen-bond acceptors (Lipinski definition) is 0. The van der Waals surface area contributed by atoms with Crippen LogP contribution in [0, 0.1) is 20.8 Å². The van der Waals surface area contributed by atoms with Crippen molar-refractivity contribution in [2.24, 2.45) is 7.05 Å². The Bertz CT molecular complexity index is 1310. The average Bonchev–Trinajstić information content (AvgIpc) is 2.91. The van der Waals surface area contributed by atoms with E-state index in [0.717, 1.165) is 0 Å². The van der Waals surface area contributed by atoms with E-state index in [-0.39, 0.29) is 0 Å². The molecule has 29 heavy (non-hydrogen) atoms. The van der Waals surface area contributed by atoms with Crippen molar-refractivity contribution in [3.05, 3.63) is 77.4 Å². The van der Waals surface area contributed by atoms with Crippen LogP contribution in [0.2, 0.25) is 11.6 Å². The number of aromatic nitrogens is 1. The molecule has 1 nitrogen and oxygen atoms in total. The van der Waals surface area contributed by atoms with Crippen molar-refractivity contribution >= 4 is 32.7 Å². The Labute approximate surface area is 176 Å². The van der Waals surface area contributed by atoms with Crippen LogP contribution >= 0.6 is 0 Å². The summed E-state index contributed by atoms with van der Waals surface area (Å²) >= 11 is -2.06. The fourth-order valence-corrected chi connectivity index (χ4v) is 11.1. The van der Waals surface area contributed by atoms with E-state index in [0.29, 0.717) is 0 Å². The molecule has 1 aliphatic heterocycles. The number of benzene rings is 3. The summed E-state index contributed by atoms with van der Waals surface area (Å²) in [5.74, 6) is 5.08. The fourth-order valence-electron chi connectivity index (χ4n) is 5.16. The molecule has 0 N–H and O–H groups in total. The molecule has 1 aromatic heterocycles. The quantitative estimate of drug-likeness (QED) is 0.285. The van der Waals surface area contributed by atoms with Gasteiger partial charge in [-0.3, -0.25) is 0 Å². The minimum absolute atomic E-state index is 1.32. The Morgan fingerprint density at radius 1 is 0.759 bits per heavy atom. The van der Waals surface area contributed by atoms with Gasteiger partial charge >= 0.3 is 176 Å². The topological polar surface area (TPSA) is 3.88 Å². The first-order chi connectivity index (χ1) is 13.8. The molecule has 0 fully saturated rings. The molecule has 0 aliphatic carbocycles. The summed E-state index contributed by atoms with van der Waals surface area (Å²) in [5, 5.41) is 1.43. The summed E-state index contributed by atoms with van der Waals surface area (Å²) in [4.78, 5) is 0. The number of rotatable bonds is 1. The van der Waals surface area contributed by atoms with E-state index in [2.05, 4.69) is 105 Å². The van der Waals surface area contributed by atoms with E-state index in [1.54, 1.807) is 8.92 Å². The van der Waals surface area contributed by atoms with Gasteiger partial charge in [0.15, 0.2) is 0 Å². The molecule has 4 aromatic rings. The molecule has 1 aliphatic rings. The number of nitrogens with zero attached hydrogens (tertiary/aromatic N) is 1. The first-order valence-corrected chi connectivity index (χ1v) is 15.3. The molecule has 0 spiro atoms. The van der Waals surface area contributed by atoms with Gasteiger partial charge in [0.1, 0.15) is 0 Å². The number of aryl methyl sites for hydroxylation is 4. The van der Waals surface area contributed by atoms with Gasteiger partial charge in [0.05, 0.1) is 0 Å². The molecular formula is C27H28NSe+. The van der Waals surface area contributed by atoms with Gasteiger partial charge in [0, 0.05) is 0 Å². The summed E-state index contributed by atoms with van der Waals surface area (Å²) in [7, 11) is 2.26. The van der Waals surface area contributed by atoms with Crippen molar-refractivity contribution in [2.75, 3.05) is 0 Å². The molecule has 0 saturated carbocycles. The molecule has 0 atom stereocenters. The van der Waals surface area contributed by atoms with Gasteiger partial charge < -0.3 is 0 Å². The van der Waals surface area contributed by atoms with Crippen LogP contribution in [-0.4, -0.2) is 12.8 Å². The van der Waals surface area contributed by atoms with Crippen molar-refractivity contribution in [3.63, 3.8) is 0 Å². The van der Waals surface area contributed by atoms with Crippen molar-refractivity contribution in [1.29, 1.82) is 0 Å². The van der Waals surface area contributed by atoms with Crippen LogP contribution in [0.3, 0.4) is 0 Å². The van der Waals surface area contributed by atoms with Gasteiger partial charge in [-0.2, -0.15) is 0 Å². The van der Waals surface area contributed by atoms with Gasteiger partial charge in [-0.25, -0.2) is 0 Å². The van der Waals surface area contributed by atoms with Gasteiger partial charge in [-0.05, 0) is 0 Å². The molecule has 0 saturated heterocycles. The third kappa shape index (κ3) is 2.49. The first kappa shape index (κ1) is 18.6. The zero-order chi connectivity index (χ0) is 20.5.